The summed E-state index contributed by atoms with van der Waals surface area (Å²) >= 11 is 1.77. The standard InChI is InChI=1S/C51H31N5S/c1-3-4-15-30-26-27-34-38-28-37-33-18-7-10-21-39(33)54-42-24-13-8-19-35(42)44(47(37)54)48(38)56(46(34)29(30)2)50-49-45(36-20-9-14-25-43(36)57-49)52-51(53-50)55-40-22-11-5-16-31(40)32-17-6-12-23-41(32)55/h3-28H,1H2,2H3/b15-4-. The minimum absolute atomic E-state index is 0.654. The number of thiophene rings is 1. The molecule has 57 heavy (non-hydrogen) atoms. The van der Waals surface area contributed by atoms with Crippen molar-refractivity contribution in [1.29, 1.82) is 0 Å². The highest BCUT2D eigenvalue weighted by Crippen LogP contribution is 2.48. The lowest BCUT2D eigenvalue weighted by Crippen LogP contribution is -2.07. The van der Waals surface area contributed by atoms with E-state index in [4.69, 9.17) is 9.97 Å². The van der Waals surface area contributed by atoms with Gasteiger partial charge in [-0.3, -0.25) is 9.13 Å². The van der Waals surface area contributed by atoms with Crippen LogP contribution in [0, 0.1) is 6.92 Å². The van der Waals surface area contributed by atoms with Crippen LogP contribution in [0.25, 0.3) is 120 Å². The first kappa shape index (κ1) is 31.0. The number of benzene rings is 7. The molecule has 5 nitrogen and oxygen atoms in total. The molecule has 6 aromatic heterocycles. The minimum Gasteiger partial charge on any atom is -0.308 e. The SMILES string of the molecule is C=C/C=C\c1ccc2c3cc4c5ccccc5n5c6ccccc6c(c3n(-c3nc(-n6c7ccccc7c7ccccc76)nc6c3sc3ccccc36)c2c1C)c45. The summed E-state index contributed by atoms with van der Waals surface area (Å²) in [7, 11) is 0. The van der Waals surface area contributed by atoms with E-state index in [1.165, 1.54) is 69.9 Å². The molecule has 6 heteroatoms. The molecule has 7 aromatic carbocycles. The van der Waals surface area contributed by atoms with Gasteiger partial charge in [0.25, 0.3) is 0 Å². The molecule has 0 saturated heterocycles. The first-order valence-corrected chi connectivity index (χ1v) is 20.1. The number of rotatable bonds is 4. The Morgan fingerprint density at radius 2 is 1.14 bits per heavy atom. The minimum atomic E-state index is 0.654. The number of allylic oxidation sites excluding steroid dienone is 2. The van der Waals surface area contributed by atoms with Gasteiger partial charge in [-0.25, -0.2) is 4.98 Å². The van der Waals surface area contributed by atoms with E-state index in [1.54, 1.807) is 11.3 Å². The van der Waals surface area contributed by atoms with Gasteiger partial charge in [-0.05, 0) is 54.4 Å². The molecule has 0 atom stereocenters. The lowest BCUT2D eigenvalue weighted by Gasteiger charge is -2.14. The summed E-state index contributed by atoms with van der Waals surface area (Å²) in [5, 5.41) is 10.9. The highest BCUT2D eigenvalue weighted by Gasteiger charge is 2.28. The lowest BCUT2D eigenvalue weighted by molar-refractivity contribution is 0.976. The molecule has 0 aliphatic rings. The van der Waals surface area contributed by atoms with Crippen molar-refractivity contribution in [3.8, 4) is 11.8 Å². The van der Waals surface area contributed by atoms with E-state index in [9.17, 15) is 0 Å². The molecule has 0 radical (unpaired) electrons. The maximum atomic E-state index is 5.77. The van der Waals surface area contributed by atoms with E-state index < -0.39 is 0 Å². The van der Waals surface area contributed by atoms with Gasteiger partial charge in [0.05, 0.1) is 48.8 Å². The number of hydrogen-bond acceptors (Lipinski definition) is 3. The fraction of sp³-hybridized carbons (Fsp3) is 0.0196. The highest BCUT2D eigenvalue weighted by atomic mass is 32.1. The summed E-state index contributed by atoms with van der Waals surface area (Å²) in [6.45, 7) is 6.24. The van der Waals surface area contributed by atoms with E-state index >= 15 is 0 Å². The molecule has 0 spiro atoms. The van der Waals surface area contributed by atoms with E-state index in [2.05, 4.69) is 173 Å². The zero-order valence-corrected chi connectivity index (χ0v) is 31.7. The van der Waals surface area contributed by atoms with Crippen LogP contribution < -0.4 is 0 Å². The van der Waals surface area contributed by atoms with Crippen molar-refractivity contribution in [1.82, 2.24) is 23.5 Å². The molecule has 0 saturated carbocycles. The number of nitrogens with zero attached hydrogens (tertiary/aromatic N) is 5. The number of hydrogen-bond donors (Lipinski definition) is 0. The van der Waals surface area contributed by atoms with Crippen LogP contribution in [-0.2, 0) is 0 Å². The van der Waals surface area contributed by atoms with Crippen molar-refractivity contribution in [3.05, 3.63) is 169 Å². The van der Waals surface area contributed by atoms with E-state index in [-0.39, 0.29) is 0 Å². The van der Waals surface area contributed by atoms with Crippen molar-refractivity contribution < 1.29 is 0 Å². The number of aryl methyl sites for hydroxylation is 1. The molecule has 0 aliphatic heterocycles. The Bertz CT molecular complexity index is 3850. The first-order chi connectivity index (χ1) is 28.2. The van der Waals surface area contributed by atoms with Crippen LogP contribution in [0.15, 0.2) is 158 Å². The van der Waals surface area contributed by atoms with Gasteiger partial charge in [-0.1, -0.05) is 128 Å². The quantitative estimate of drug-likeness (QED) is 0.168. The van der Waals surface area contributed by atoms with Gasteiger partial charge in [-0.2, -0.15) is 4.98 Å². The Hall–Kier alpha value is -7.28. The number of para-hydroxylation sites is 4. The van der Waals surface area contributed by atoms with Gasteiger partial charge in [0.2, 0.25) is 5.95 Å². The molecule has 0 aliphatic carbocycles. The molecule has 0 amide bonds. The second kappa shape index (κ2) is 11.2. The second-order valence-corrected chi connectivity index (χ2v) is 16.1. The molecule has 0 fully saturated rings. The third kappa shape index (κ3) is 3.92. The van der Waals surface area contributed by atoms with E-state index in [1.807, 2.05) is 12.2 Å². The molecule has 13 aromatic rings. The third-order valence-electron chi connectivity index (χ3n) is 12.1. The third-order valence-corrected chi connectivity index (χ3v) is 13.3. The largest absolute Gasteiger partial charge is 0.308 e. The average Bonchev–Trinajstić information content (AvgIpc) is 4.05. The van der Waals surface area contributed by atoms with Crippen LogP contribution in [0.1, 0.15) is 11.1 Å². The molecule has 0 N–H and O–H groups in total. The van der Waals surface area contributed by atoms with E-state index in [0.717, 1.165) is 49.1 Å². The molecular weight excluding hydrogens is 715 g/mol. The summed E-state index contributed by atoms with van der Waals surface area (Å²) in [6.07, 6.45) is 6.03. The maximum Gasteiger partial charge on any atom is 0.237 e. The Labute approximate surface area is 329 Å². The Kier molecular flexibility index (Phi) is 6.06. The van der Waals surface area contributed by atoms with Gasteiger partial charge in [0.1, 0.15) is 0 Å². The fourth-order valence-electron chi connectivity index (χ4n) is 9.79. The zero-order valence-electron chi connectivity index (χ0n) is 30.9. The number of fused-ring (bicyclic) bond motifs is 16. The van der Waals surface area contributed by atoms with Crippen LogP contribution in [0.2, 0.25) is 0 Å². The smallest absolute Gasteiger partial charge is 0.237 e. The van der Waals surface area contributed by atoms with Crippen molar-refractivity contribution >= 4 is 119 Å². The van der Waals surface area contributed by atoms with Crippen LogP contribution >= 0.6 is 11.3 Å². The summed E-state index contributed by atoms with van der Waals surface area (Å²) in [4.78, 5) is 11.3. The number of aromatic nitrogens is 5. The fourth-order valence-corrected chi connectivity index (χ4v) is 10.9. The van der Waals surface area contributed by atoms with Crippen molar-refractivity contribution in [2.24, 2.45) is 0 Å². The van der Waals surface area contributed by atoms with E-state index in [0.29, 0.717) is 5.95 Å². The van der Waals surface area contributed by atoms with Crippen molar-refractivity contribution in [2.45, 2.75) is 6.92 Å². The average molecular weight is 746 g/mol. The highest BCUT2D eigenvalue weighted by molar-refractivity contribution is 7.26. The van der Waals surface area contributed by atoms with Gasteiger partial charge in [0.15, 0.2) is 5.82 Å². The topological polar surface area (TPSA) is 40.0 Å². The van der Waals surface area contributed by atoms with Crippen molar-refractivity contribution in [3.63, 3.8) is 0 Å². The summed E-state index contributed by atoms with van der Waals surface area (Å²) in [6, 6.07) is 50.6. The zero-order chi connectivity index (χ0) is 37.5. The van der Waals surface area contributed by atoms with Gasteiger partial charge >= 0.3 is 0 Å². The van der Waals surface area contributed by atoms with Gasteiger partial charge < -0.3 is 4.40 Å². The lowest BCUT2D eigenvalue weighted by atomic mass is 10.0. The molecule has 0 bridgehead atoms. The Balaban J connectivity index is 1.30. The molecule has 13 rings (SSSR count). The molecule has 6 heterocycles. The maximum absolute atomic E-state index is 5.77. The predicted molar refractivity (Wildman–Crippen MR) is 242 cm³/mol. The van der Waals surface area contributed by atoms with Crippen LogP contribution in [0.3, 0.4) is 0 Å². The summed E-state index contributed by atoms with van der Waals surface area (Å²) < 4.78 is 9.46. The summed E-state index contributed by atoms with van der Waals surface area (Å²) in [5.41, 5.74) is 11.4. The van der Waals surface area contributed by atoms with Crippen LogP contribution in [0.4, 0.5) is 0 Å². The monoisotopic (exact) mass is 745 g/mol. The summed E-state index contributed by atoms with van der Waals surface area (Å²) in [5.74, 6) is 1.54. The first-order valence-electron chi connectivity index (χ1n) is 19.3. The second-order valence-electron chi connectivity index (χ2n) is 15.0. The van der Waals surface area contributed by atoms with Gasteiger partial charge in [0, 0.05) is 53.2 Å². The van der Waals surface area contributed by atoms with Crippen LogP contribution in [0.5, 0.6) is 0 Å². The Morgan fingerprint density at radius 1 is 0.544 bits per heavy atom. The molecule has 0 unspecified atom stereocenters. The molecular formula is C51H31N5S. The van der Waals surface area contributed by atoms with Crippen molar-refractivity contribution in [2.75, 3.05) is 0 Å². The normalized spacial score (nSPS) is 12.6. The van der Waals surface area contributed by atoms with Gasteiger partial charge in [-0.15, -0.1) is 11.3 Å². The van der Waals surface area contributed by atoms with Crippen LogP contribution in [-0.4, -0.2) is 23.5 Å². The Morgan fingerprint density at radius 3 is 1.86 bits per heavy atom. The molecule has 266 valence electrons. The predicted octanol–water partition coefficient (Wildman–Crippen LogP) is 13.7.